The van der Waals surface area contributed by atoms with E-state index in [9.17, 15) is 0 Å². The molecule has 0 N–H and O–H groups in total. The number of nitrogens with zero attached hydrogens (tertiary/aromatic N) is 1. The van der Waals surface area contributed by atoms with Crippen molar-refractivity contribution in [3.8, 4) is 17.2 Å². The summed E-state index contributed by atoms with van der Waals surface area (Å²) in [6.07, 6.45) is 4.23. The smallest absolute Gasteiger partial charge is 0.162 e. The number of hydrogen-bond donors (Lipinski definition) is 0. The van der Waals surface area contributed by atoms with Gasteiger partial charge in [0, 0.05) is 39.0 Å². The van der Waals surface area contributed by atoms with Crippen LogP contribution >= 0.6 is 23.2 Å². The van der Waals surface area contributed by atoms with Crippen LogP contribution in [0.3, 0.4) is 0 Å². The largest absolute Gasteiger partial charge is 0.493 e. The summed E-state index contributed by atoms with van der Waals surface area (Å²) in [5, 5.41) is 3.49. The Balaban J connectivity index is 1.86. The van der Waals surface area contributed by atoms with Crippen LogP contribution in [0.4, 0.5) is 0 Å². The van der Waals surface area contributed by atoms with Crippen LogP contribution in [0.1, 0.15) is 25.0 Å². The van der Waals surface area contributed by atoms with Gasteiger partial charge in [-0.3, -0.25) is 0 Å². The van der Waals surface area contributed by atoms with Crippen molar-refractivity contribution < 1.29 is 14.2 Å². The summed E-state index contributed by atoms with van der Waals surface area (Å²) in [7, 11) is 3.29. The van der Waals surface area contributed by atoms with E-state index in [0.717, 1.165) is 38.7 Å². The van der Waals surface area contributed by atoms with Crippen LogP contribution in [0, 0.1) is 0 Å². The highest BCUT2D eigenvalue weighted by atomic mass is 35.5. The molecule has 1 aliphatic rings. The number of aromatic nitrogens is 1. The van der Waals surface area contributed by atoms with Crippen LogP contribution in [-0.4, -0.2) is 24.4 Å². The molecule has 1 aliphatic heterocycles. The lowest BCUT2D eigenvalue weighted by molar-refractivity contribution is 0.159. The minimum Gasteiger partial charge on any atom is -0.493 e. The van der Waals surface area contributed by atoms with Gasteiger partial charge in [0.15, 0.2) is 11.5 Å². The minimum atomic E-state index is -0.361. The minimum absolute atomic E-state index is 0.361. The van der Waals surface area contributed by atoms with Gasteiger partial charge in [0.1, 0.15) is 11.4 Å². The summed E-state index contributed by atoms with van der Waals surface area (Å²) in [6, 6.07) is 13.7. The molecule has 2 heterocycles. The zero-order valence-corrected chi connectivity index (χ0v) is 19.8. The molecule has 0 amide bonds. The maximum absolute atomic E-state index is 6.55. The Morgan fingerprint density at radius 1 is 0.938 bits per heavy atom. The topological polar surface area (TPSA) is 32.6 Å². The molecule has 0 atom stereocenters. The summed E-state index contributed by atoms with van der Waals surface area (Å²) < 4.78 is 19.7. The molecular weight excluding hydrogens is 445 g/mol. The van der Waals surface area contributed by atoms with Gasteiger partial charge in [0.2, 0.25) is 0 Å². The second kappa shape index (κ2) is 7.65. The van der Waals surface area contributed by atoms with E-state index >= 15 is 0 Å². The van der Waals surface area contributed by atoms with Crippen molar-refractivity contribution in [1.29, 1.82) is 0 Å². The SMILES string of the molecule is COc1cc2c3ccc4c(c3n(Cc3cc(Cl)ccc3Cl)c2cc1OC)C=CC(C)(C)O4. The molecule has 32 heavy (non-hydrogen) atoms. The van der Waals surface area contributed by atoms with E-state index in [2.05, 4.69) is 22.8 Å². The predicted octanol–water partition coefficient (Wildman–Crippen LogP) is 7.35. The van der Waals surface area contributed by atoms with Gasteiger partial charge >= 0.3 is 0 Å². The highest BCUT2D eigenvalue weighted by Crippen LogP contribution is 2.43. The molecule has 0 saturated carbocycles. The molecule has 1 aromatic heterocycles. The predicted molar refractivity (Wildman–Crippen MR) is 132 cm³/mol. The number of methoxy groups -OCH3 is 2. The molecule has 0 aliphatic carbocycles. The number of fused-ring (bicyclic) bond motifs is 5. The lowest BCUT2D eigenvalue weighted by Gasteiger charge is -2.28. The second-order valence-corrected chi connectivity index (χ2v) is 9.30. The lowest BCUT2D eigenvalue weighted by Crippen LogP contribution is -2.27. The van der Waals surface area contributed by atoms with Crippen molar-refractivity contribution in [3.05, 3.63) is 69.7 Å². The highest BCUT2D eigenvalue weighted by molar-refractivity contribution is 6.33. The van der Waals surface area contributed by atoms with E-state index in [1.807, 2.05) is 44.2 Å². The molecule has 0 unspecified atom stereocenters. The molecule has 5 rings (SSSR count). The average Bonchev–Trinajstić information content (AvgIpc) is 3.07. The van der Waals surface area contributed by atoms with Gasteiger partial charge in [-0.2, -0.15) is 0 Å². The lowest BCUT2D eigenvalue weighted by atomic mass is 10.00. The molecule has 0 radical (unpaired) electrons. The fraction of sp³-hybridized carbons (Fsp3) is 0.231. The van der Waals surface area contributed by atoms with Crippen LogP contribution < -0.4 is 14.2 Å². The third-order valence-electron chi connectivity index (χ3n) is 5.89. The number of rotatable bonds is 4. The fourth-order valence-corrected chi connectivity index (χ4v) is 4.75. The first-order valence-corrected chi connectivity index (χ1v) is 11.1. The van der Waals surface area contributed by atoms with E-state index in [0.29, 0.717) is 28.1 Å². The van der Waals surface area contributed by atoms with Crippen molar-refractivity contribution in [3.63, 3.8) is 0 Å². The molecule has 4 nitrogen and oxygen atoms in total. The molecule has 4 aromatic rings. The average molecular weight is 468 g/mol. The number of hydrogen-bond acceptors (Lipinski definition) is 3. The van der Waals surface area contributed by atoms with Gasteiger partial charge in [0.05, 0.1) is 25.3 Å². The maximum Gasteiger partial charge on any atom is 0.162 e. The Morgan fingerprint density at radius 3 is 2.44 bits per heavy atom. The monoisotopic (exact) mass is 467 g/mol. The quantitative estimate of drug-likeness (QED) is 0.314. The molecule has 0 bridgehead atoms. The van der Waals surface area contributed by atoms with Gasteiger partial charge in [0.25, 0.3) is 0 Å². The molecule has 0 saturated heterocycles. The highest BCUT2D eigenvalue weighted by Gasteiger charge is 2.26. The molecule has 164 valence electrons. The van der Waals surface area contributed by atoms with Crippen molar-refractivity contribution in [1.82, 2.24) is 4.57 Å². The third kappa shape index (κ3) is 3.39. The molecule has 6 heteroatoms. The van der Waals surface area contributed by atoms with Crippen molar-refractivity contribution in [2.75, 3.05) is 14.2 Å². The number of halogens is 2. The summed E-state index contributed by atoms with van der Waals surface area (Å²) in [6.45, 7) is 4.64. The van der Waals surface area contributed by atoms with Gasteiger partial charge in [-0.05, 0) is 68.0 Å². The van der Waals surface area contributed by atoms with Gasteiger partial charge in [-0.25, -0.2) is 0 Å². The standard InChI is InChI=1S/C26H23Cl2NO3/c1-26(2)10-9-18-22(32-26)8-6-17-19-12-23(30-3)24(31-4)13-21(19)29(25(17)18)14-15-11-16(27)5-7-20(15)28/h5-13H,14H2,1-4H3. The summed E-state index contributed by atoms with van der Waals surface area (Å²) >= 11 is 12.8. The van der Waals surface area contributed by atoms with Crippen LogP contribution in [0.2, 0.25) is 10.0 Å². The van der Waals surface area contributed by atoms with Crippen molar-refractivity contribution in [2.24, 2.45) is 0 Å². The van der Waals surface area contributed by atoms with Crippen LogP contribution in [0.25, 0.3) is 27.9 Å². The first kappa shape index (κ1) is 21.0. The summed E-state index contributed by atoms with van der Waals surface area (Å²) in [5.74, 6) is 2.21. The Bertz CT molecular complexity index is 1400. The summed E-state index contributed by atoms with van der Waals surface area (Å²) in [5.41, 5.74) is 3.69. The Labute approximate surface area is 196 Å². The van der Waals surface area contributed by atoms with Crippen LogP contribution in [0.15, 0.2) is 48.5 Å². The van der Waals surface area contributed by atoms with E-state index in [4.69, 9.17) is 37.4 Å². The van der Waals surface area contributed by atoms with E-state index in [1.165, 1.54) is 0 Å². The molecule has 3 aromatic carbocycles. The third-order valence-corrected chi connectivity index (χ3v) is 6.49. The van der Waals surface area contributed by atoms with Gasteiger partial charge in [-0.1, -0.05) is 23.2 Å². The van der Waals surface area contributed by atoms with E-state index in [-0.39, 0.29) is 5.60 Å². The van der Waals surface area contributed by atoms with E-state index in [1.54, 1.807) is 20.3 Å². The zero-order valence-electron chi connectivity index (χ0n) is 18.3. The maximum atomic E-state index is 6.55. The Kier molecular flexibility index (Phi) is 5.03. The van der Waals surface area contributed by atoms with Gasteiger partial charge in [-0.15, -0.1) is 0 Å². The van der Waals surface area contributed by atoms with Crippen molar-refractivity contribution >= 4 is 51.1 Å². The fourth-order valence-electron chi connectivity index (χ4n) is 4.38. The summed E-state index contributed by atoms with van der Waals surface area (Å²) in [4.78, 5) is 0. The number of benzene rings is 3. The van der Waals surface area contributed by atoms with Gasteiger partial charge < -0.3 is 18.8 Å². The first-order valence-electron chi connectivity index (χ1n) is 10.3. The van der Waals surface area contributed by atoms with Crippen LogP contribution in [-0.2, 0) is 6.54 Å². The number of ether oxygens (including phenoxy) is 3. The van der Waals surface area contributed by atoms with Crippen molar-refractivity contribution in [2.45, 2.75) is 26.0 Å². The Hall–Kier alpha value is -2.82. The zero-order chi connectivity index (χ0) is 22.6. The van der Waals surface area contributed by atoms with E-state index < -0.39 is 0 Å². The second-order valence-electron chi connectivity index (χ2n) is 8.46. The van der Waals surface area contributed by atoms with Crippen LogP contribution in [0.5, 0.6) is 17.2 Å². The molecule has 0 fully saturated rings. The Morgan fingerprint density at radius 2 is 1.69 bits per heavy atom. The first-order chi connectivity index (χ1) is 15.3. The normalized spacial score (nSPS) is 14.4. The molecular formula is C26H23Cl2NO3. The molecule has 0 spiro atoms.